The normalized spacial score (nSPS) is 10.6. The van der Waals surface area contributed by atoms with Gasteiger partial charge in [0.05, 0.1) is 13.7 Å². The number of thioether (sulfide) groups is 1. The van der Waals surface area contributed by atoms with Gasteiger partial charge in [-0.3, -0.25) is 0 Å². The lowest BCUT2D eigenvalue weighted by molar-refractivity contribution is 0.218. The molecule has 96 valence electrons. The molecular weight excluding hydrogens is 268 g/mol. The zero-order chi connectivity index (χ0) is 12.8. The average molecular weight is 282 g/mol. The van der Waals surface area contributed by atoms with Crippen molar-refractivity contribution in [2.75, 3.05) is 26.6 Å². The van der Waals surface area contributed by atoms with Gasteiger partial charge in [-0.1, -0.05) is 23.9 Å². The zero-order valence-electron chi connectivity index (χ0n) is 10.3. The van der Waals surface area contributed by atoms with E-state index in [0.717, 1.165) is 33.8 Å². The first kappa shape index (κ1) is 13.3. The molecule has 0 amide bonds. The molecule has 1 heterocycles. The molecule has 4 nitrogen and oxygen atoms in total. The summed E-state index contributed by atoms with van der Waals surface area (Å²) in [6.45, 7) is 0.721. The lowest BCUT2D eigenvalue weighted by Crippen LogP contribution is -1.90. The Morgan fingerprint density at radius 2 is 2.22 bits per heavy atom. The Bertz CT molecular complexity index is 502. The fraction of sp³-hybridized carbons (Fsp3) is 0.333. The van der Waals surface area contributed by atoms with Crippen molar-refractivity contribution in [3.05, 3.63) is 24.3 Å². The number of benzene rings is 1. The van der Waals surface area contributed by atoms with Crippen molar-refractivity contribution >= 4 is 23.3 Å². The topological polar surface area (TPSA) is 44.2 Å². The van der Waals surface area contributed by atoms with Crippen molar-refractivity contribution in [1.82, 2.24) is 9.36 Å². The first-order valence-corrected chi connectivity index (χ1v) is 7.19. The van der Waals surface area contributed by atoms with E-state index in [1.165, 1.54) is 11.5 Å². The maximum atomic E-state index is 5.19. The minimum atomic E-state index is 0.721. The minimum absolute atomic E-state index is 0.721. The molecule has 1 aromatic carbocycles. The van der Waals surface area contributed by atoms with E-state index in [-0.39, 0.29) is 0 Å². The van der Waals surface area contributed by atoms with E-state index in [2.05, 4.69) is 9.36 Å². The molecule has 0 aliphatic heterocycles. The Labute approximate surface area is 115 Å². The van der Waals surface area contributed by atoms with Crippen LogP contribution in [0.3, 0.4) is 0 Å². The molecule has 0 atom stereocenters. The molecule has 0 saturated heterocycles. The lowest BCUT2D eigenvalue weighted by atomic mass is 10.2. The first-order chi connectivity index (χ1) is 8.83. The van der Waals surface area contributed by atoms with E-state index in [1.54, 1.807) is 26.0 Å². The van der Waals surface area contributed by atoms with Gasteiger partial charge in [0, 0.05) is 18.4 Å². The van der Waals surface area contributed by atoms with Crippen LogP contribution in [0.2, 0.25) is 0 Å². The Kier molecular flexibility index (Phi) is 4.98. The predicted octanol–water partition coefficient (Wildman–Crippen LogP) is 2.95. The van der Waals surface area contributed by atoms with Gasteiger partial charge in [0.1, 0.15) is 5.75 Å². The average Bonchev–Trinajstić information content (AvgIpc) is 2.88. The Hall–Kier alpha value is -1.11. The van der Waals surface area contributed by atoms with Gasteiger partial charge in [0.2, 0.25) is 0 Å². The Morgan fingerprint density at radius 1 is 1.33 bits per heavy atom. The third kappa shape index (κ3) is 3.44. The smallest absolute Gasteiger partial charge is 0.174 e. The maximum absolute atomic E-state index is 5.19. The van der Waals surface area contributed by atoms with Crippen LogP contribution in [0.15, 0.2) is 28.6 Å². The van der Waals surface area contributed by atoms with Gasteiger partial charge in [-0.05, 0) is 23.7 Å². The van der Waals surface area contributed by atoms with Crippen LogP contribution in [0.1, 0.15) is 0 Å². The molecule has 0 radical (unpaired) electrons. The van der Waals surface area contributed by atoms with Gasteiger partial charge >= 0.3 is 0 Å². The molecule has 0 saturated carbocycles. The van der Waals surface area contributed by atoms with Crippen LogP contribution < -0.4 is 4.74 Å². The standard InChI is InChI=1S/C12H14N2O2S2/c1-15-6-7-17-12-13-11(14-18-12)9-4-3-5-10(8-9)16-2/h3-5,8H,6-7H2,1-2H3. The summed E-state index contributed by atoms with van der Waals surface area (Å²) >= 11 is 3.07. The fourth-order valence-corrected chi connectivity index (χ4v) is 2.95. The Morgan fingerprint density at radius 3 is 3.00 bits per heavy atom. The van der Waals surface area contributed by atoms with Gasteiger partial charge < -0.3 is 9.47 Å². The summed E-state index contributed by atoms with van der Waals surface area (Å²) in [5.74, 6) is 2.46. The van der Waals surface area contributed by atoms with Gasteiger partial charge in [-0.2, -0.15) is 4.37 Å². The lowest BCUT2D eigenvalue weighted by Gasteiger charge is -2.00. The summed E-state index contributed by atoms with van der Waals surface area (Å²) in [6, 6.07) is 7.76. The van der Waals surface area contributed by atoms with Crippen molar-refractivity contribution in [3.8, 4) is 17.1 Å². The molecule has 6 heteroatoms. The van der Waals surface area contributed by atoms with Crippen molar-refractivity contribution < 1.29 is 9.47 Å². The second-order valence-electron chi connectivity index (χ2n) is 3.46. The zero-order valence-corrected chi connectivity index (χ0v) is 11.9. The van der Waals surface area contributed by atoms with Crippen molar-refractivity contribution in [2.45, 2.75) is 4.34 Å². The molecule has 0 unspecified atom stereocenters. The summed E-state index contributed by atoms with van der Waals surface area (Å²) < 4.78 is 15.5. The van der Waals surface area contributed by atoms with E-state index in [9.17, 15) is 0 Å². The highest BCUT2D eigenvalue weighted by molar-refractivity contribution is 8.00. The first-order valence-electron chi connectivity index (χ1n) is 5.43. The summed E-state index contributed by atoms with van der Waals surface area (Å²) in [7, 11) is 3.35. The molecule has 1 aromatic heterocycles. The van der Waals surface area contributed by atoms with E-state index in [0.29, 0.717) is 0 Å². The summed E-state index contributed by atoms with van der Waals surface area (Å²) in [5, 5.41) is 0. The molecule has 0 spiro atoms. The SMILES string of the molecule is COCCSc1nc(-c2cccc(OC)c2)ns1. The molecule has 0 aliphatic carbocycles. The van der Waals surface area contributed by atoms with Crippen molar-refractivity contribution in [1.29, 1.82) is 0 Å². The largest absolute Gasteiger partial charge is 0.497 e. The molecule has 0 fully saturated rings. The minimum Gasteiger partial charge on any atom is -0.497 e. The Balaban J connectivity index is 2.08. The van der Waals surface area contributed by atoms with Crippen LogP contribution in [-0.4, -0.2) is 35.9 Å². The molecule has 18 heavy (non-hydrogen) atoms. The summed E-state index contributed by atoms with van der Waals surface area (Å²) in [6.07, 6.45) is 0. The monoisotopic (exact) mass is 282 g/mol. The highest BCUT2D eigenvalue weighted by Crippen LogP contribution is 2.26. The predicted molar refractivity (Wildman–Crippen MR) is 74.5 cm³/mol. The molecule has 2 aromatic rings. The fourth-order valence-electron chi connectivity index (χ4n) is 1.36. The molecular formula is C12H14N2O2S2. The van der Waals surface area contributed by atoms with Crippen LogP contribution in [0, 0.1) is 0 Å². The summed E-state index contributed by atoms with van der Waals surface area (Å²) in [5.41, 5.74) is 0.976. The highest BCUT2D eigenvalue weighted by Gasteiger charge is 2.07. The number of hydrogen-bond donors (Lipinski definition) is 0. The van der Waals surface area contributed by atoms with Crippen LogP contribution in [0.25, 0.3) is 11.4 Å². The molecule has 0 aliphatic rings. The third-order valence-corrected chi connectivity index (χ3v) is 4.05. The number of aromatic nitrogens is 2. The van der Waals surface area contributed by atoms with Gasteiger partial charge in [-0.25, -0.2) is 4.98 Å². The molecule has 2 rings (SSSR count). The second kappa shape index (κ2) is 6.72. The number of ether oxygens (including phenoxy) is 2. The summed E-state index contributed by atoms with van der Waals surface area (Å²) in [4.78, 5) is 4.49. The highest BCUT2D eigenvalue weighted by atomic mass is 32.2. The molecule has 0 bridgehead atoms. The van der Waals surface area contributed by atoms with Crippen LogP contribution in [-0.2, 0) is 4.74 Å². The quantitative estimate of drug-likeness (QED) is 0.602. The van der Waals surface area contributed by atoms with E-state index in [1.807, 2.05) is 24.3 Å². The molecule has 0 N–H and O–H groups in total. The van der Waals surface area contributed by atoms with Crippen LogP contribution >= 0.6 is 23.3 Å². The van der Waals surface area contributed by atoms with Crippen LogP contribution in [0.4, 0.5) is 0 Å². The van der Waals surface area contributed by atoms with Crippen molar-refractivity contribution in [3.63, 3.8) is 0 Å². The second-order valence-corrected chi connectivity index (χ2v) is 5.55. The van der Waals surface area contributed by atoms with Crippen molar-refractivity contribution in [2.24, 2.45) is 0 Å². The maximum Gasteiger partial charge on any atom is 0.174 e. The van der Waals surface area contributed by atoms with Gasteiger partial charge in [0.25, 0.3) is 0 Å². The van der Waals surface area contributed by atoms with E-state index >= 15 is 0 Å². The number of nitrogens with zero attached hydrogens (tertiary/aromatic N) is 2. The number of hydrogen-bond acceptors (Lipinski definition) is 6. The van der Waals surface area contributed by atoms with E-state index in [4.69, 9.17) is 9.47 Å². The van der Waals surface area contributed by atoms with Gasteiger partial charge in [-0.15, -0.1) is 0 Å². The third-order valence-electron chi connectivity index (χ3n) is 2.25. The van der Waals surface area contributed by atoms with Gasteiger partial charge in [0.15, 0.2) is 10.2 Å². The number of rotatable bonds is 6. The van der Waals surface area contributed by atoms with Crippen LogP contribution in [0.5, 0.6) is 5.75 Å². The van der Waals surface area contributed by atoms with E-state index < -0.39 is 0 Å². The number of methoxy groups -OCH3 is 2.